The summed E-state index contributed by atoms with van der Waals surface area (Å²) in [6.07, 6.45) is -5.79. The number of thiazole rings is 1. The number of hydrogen-bond donors (Lipinski definition) is 1. The Morgan fingerprint density at radius 2 is 1.97 bits per heavy atom. The third kappa shape index (κ3) is 5.07. The Morgan fingerprint density at radius 1 is 1.26 bits per heavy atom. The van der Waals surface area contributed by atoms with E-state index in [9.17, 15) is 23.1 Å². The molecule has 2 aromatic heterocycles. The van der Waals surface area contributed by atoms with Gasteiger partial charge in [-0.2, -0.15) is 18.2 Å². The summed E-state index contributed by atoms with van der Waals surface area (Å²) in [4.78, 5) is 25.1. The average molecular weight is 567 g/mol. The molecule has 39 heavy (non-hydrogen) atoms. The molecule has 210 valence electrons. The van der Waals surface area contributed by atoms with E-state index < -0.39 is 30.1 Å². The molecule has 0 radical (unpaired) electrons. The van der Waals surface area contributed by atoms with Gasteiger partial charge in [-0.15, -0.1) is 11.3 Å². The minimum absolute atomic E-state index is 0.0313. The number of halogens is 3. The number of ether oxygens (including phenoxy) is 2. The van der Waals surface area contributed by atoms with E-state index in [0.29, 0.717) is 37.2 Å². The predicted molar refractivity (Wildman–Crippen MR) is 137 cm³/mol. The molecular weight excluding hydrogens is 537 g/mol. The summed E-state index contributed by atoms with van der Waals surface area (Å²) in [6.45, 7) is 5.84. The Hall–Kier alpha value is -2.90. The molecule has 7 rings (SSSR count). The van der Waals surface area contributed by atoms with Crippen LogP contribution in [0.5, 0.6) is 0 Å². The molecule has 3 unspecified atom stereocenters. The van der Waals surface area contributed by atoms with Gasteiger partial charge in [0.1, 0.15) is 11.1 Å². The molecule has 9 nitrogen and oxygen atoms in total. The zero-order chi connectivity index (χ0) is 27.7. The Morgan fingerprint density at radius 3 is 2.56 bits per heavy atom. The van der Waals surface area contributed by atoms with Gasteiger partial charge in [0.15, 0.2) is 11.7 Å². The van der Waals surface area contributed by atoms with Crippen molar-refractivity contribution in [2.24, 2.45) is 0 Å². The van der Waals surface area contributed by atoms with E-state index in [0.717, 1.165) is 6.42 Å². The molecule has 5 heterocycles. The molecule has 13 heteroatoms. The number of anilines is 1. The number of amides is 1. The van der Waals surface area contributed by atoms with Gasteiger partial charge in [-0.3, -0.25) is 4.90 Å². The Kier molecular flexibility index (Phi) is 6.12. The zero-order valence-electron chi connectivity index (χ0n) is 21.7. The Labute approximate surface area is 226 Å². The van der Waals surface area contributed by atoms with Crippen LogP contribution in [0.15, 0.2) is 27.4 Å². The summed E-state index contributed by atoms with van der Waals surface area (Å²) in [5.74, 6) is 0. The van der Waals surface area contributed by atoms with E-state index in [2.05, 4.69) is 9.97 Å². The Bertz CT molecular complexity index is 1370. The third-order valence-corrected chi connectivity index (χ3v) is 7.85. The number of hydrogen-bond acceptors (Lipinski definition) is 9. The minimum Gasteiger partial charge on any atom is -0.444 e. The number of rotatable bonds is 6. The molecule has 3 saturated heterocycles. The standard InChI is InChI=1S/C26H29F3N4O5S/c1-24(2,3)38-23(34)33-14-8-15(33)10-32(9-14)22-31-19-17(21(26(27,28)29)36-12-25(35)6-7-25)5-4-16(20(19)37-22)18-11-39-13-30-18/h4-5,11,13-15,21,35H,6-10,12H2,1-3H3. The summed E-state index contributed by atoms with van der Waals surface area (Å²) in [5.41, 5.74) is 0.912. The van der Waals surface area contributed by atoms with Crippen molar-refractivity contribution >= 4 is 34.5 Å². The molecule has 3 aliphatic heterocycles. The molecule has 4 fully saturated rings. The summed E-state index contributed by atoms with van der Waals surface area (Å²) < 4.78 is 59.6. The van der Waals surface area contributed by atoms with Crippen molar-refractivity contribution in [1.29, 1.82) is 0 Å². The highest BCUT2D eigenvalue weighted by Gasteiger charge is 2.51. The topological polar surface area (TPSA) is 101 Å². The molecule has 4 aliphatic rings. The number of carbonyl (C=O) groups is 1. The molecule has 1 aliphatic carbocycles. The average Bonchev–Trinajstić information content (AvgIpc) is 3.23. The lowest BCUT2D eigenvalue weighted by molar-refractivity contribution is -0.230. The first-order valence-electron chi connectivity index (χ1n) is 12.8. The van der Waals surface area contributed by atoms with Gasteiger partial charge >= 0.3 is 12.3 Å². The monoisotopic (exact) mass is 566 g/mol. The molecular formula is C26H29F3N4O5S. The van der Waals surface area contributed by atoms with E-state index in [1.54, 1.807) is 15.8 Å². The smallest absolute Gasteiger partial charge is 0.418 e. The van der Waals surface area contributed by atoms with Crippen molar-refractivity contribution in [3.63, 3.8) is 0 Å². The number of benzene rings is 1. The van der Waals surface area contributed by atoms with Crippen LogP contribution in [-0.4, -0.2) is 75.2 Å². The van der Waals surface area contributed by atoms with Crippen molar-refractivity contribution in [1.82, 2.24) is 14.9 Å². The zero-order valence-corrected chi connectivity index (χ0v) is 22.5. The largest absolute Gasteiger partial charge is 0.444 e. The van der Waals surface area contributed by atoms with E-state index in [1.807, 2.05) is 25.7 Å². The van der Waals surface area contributed by atoms with Gasteiger partial charge in [-0.1, -0.05) is 6.07 Å². The second-order valence-electron chi connectivity index (χ2n) is 11.5. The van der Waals surface area contributed by atoms with Crippen LogP contribution in [-0.2, 0) is 9.47 Å². The lowest BCUT2D eigenvalue weighted by Crippen LogP contribution is -2.70. The highest BCUT2D eigenvalue weighted by Crippen LogP contribution is 2.45. The highest BCUT2D eigenvalue weighted by molar-refractivity contribution is 7.07. The van der Waals surface area contributed by atoms with Crippen molar-refractivity contribution in [3.8, 4) is 11.3 Å². The summed E-state index contributed by atoms with van der Waals surface area (Å²) in [5, 5.41) is 11.9. The quantitative estimate of drug-likeness (QED) is 0.429. The maximum atomic E-state index is 14.2. The van der Waals surface area contributed by atoms with Crippen molar-refractivity contribution in [2.75, 3.05) is 24.6 Å². The van der Waals surface area contributed by atoms with Crippen molar-refractivity contribution in [3.05, 3.63) is 28.6 Å². The van der Waals surface area contributed by atoms with Gasteiger partial charge in [0.05, 0.1) is 35.5 Å². The number of fused-ring (bicyclic) bond motifs is 3. The molecule has 1 aromatic carbocycles. The molecule has 2 bridgehead atoms. The SMILES string of the molecule is CC(C)(C)OC(=O)N1C2CC1CN(c1nc3c(C(OCC4(O)CC4)C(F)(F)F)ccc(-c4cscn4)c3o1)C2. The first kappa shape index (κ1) is 26.3. The van der Waals surface area contributed by atoms with Crippen LogP contribution < -0.4 is 4.90 Å². The molecule has 3 atom stereocenters. The first-order valence-corrected chi connectivity index (χ1v) is 13.7. The fraction of sp³-hybridized carbons (Fsp3) is 0.577. The van der Waals surface area contributed by atoms with E-state index in [4.69, 9.17) is 13.9 Å². The lowest BCUT2D eigenvalue weighted by Gasteiger charge is -2.55. The van der Waals surface area contributed by atoms with Crippen LogP contribution >= 0.6 is 11.3 Å². The molecule has 3 aromatic rings. The van der Waals surface area contributed by atoms with Crippen LogP contribution in [0.4, 0.5) is 24.0 Å². The highest BCUT2D eigenvalue weighted by atomic mass is 32.1. The summed E-state index contributed by atoms with van der Waals surface area (Å²) in [7, 11) is 0. The van der Waals surface area contributed by atoms with Gasteiger partial charge < -0.3 is 23.9 Å². The van der Waals surface area contributed by atoms with Crippen LogP contribution in [0.3, 0.4) is 0 Å². The van der Waals surface area contributed by atoms with Gasteiger partial charge in [-0.05, 0) is 46.1 Å². The van der Waals surface area contributed by atoms with Crippen LogP contribution in [0.1, 0.15) is 51.7 Å². The van der Waals surface area contributed by atoms with Gasteiger partial charge in [-0.25, -0.2) is 9.78 Å². The molecule has 1 N–H and O–H groups in total. The Balaban J connectivity index is 1.33. The van der Waals surface area contributed by atoms with E-state index in [1.165, 1.54) is 23.5 Å². The number of piperidine rings is 1. The minimum atomic E-state index is -4.74. The second-order valence-corrected chi connectivity index (χ2v) is 12.3. The molecule has 1 saturated carbocycles. The lowest BCUT2D eigenvalue weighted by atomic mass is 9.88. The van der Waals surface area contributed by atoms with Crippen molar-refractivity contribution < 1.29 is 37.0 Å². The van der Waals surface area contributed by atoms with Crippen LogP contribution in [0, 0.1) is 0 Å². The van der Waals surface area contributed by atoms with Gasteiger partial charge in [0.25, 0.3) is 6.01 Å². The fourth-order valence-corrected chi connectivity index (χ4v) is 5.73. The first-order chi connectivity index (χ1) is 18.3. The summed E-state index contributed by atoms with van der Waals surface area (Å²) >= 11 is 1.36. The fourth-order valence-electron chi connectivity index (χ4n) is 5.18. The number of nitrogens with zero attached hydrogens (tertiary/aromatic N) is 4. The number of oxazole rings is 1. The normalized spacial score (nSPS) is 23.1. The predicted octanol–water partition coefficient (Wildman–Crippen LogP) is 5.29. The molecule has 1 amide bonds. The van der Waals surface area contributed by atoms with Crippen molar-refractivity contribution in [2.45, 2.75) is 75.6 Å². The maximum absolute atomic E-state index is 14.2. The molecule has 0 spiro atoms. The number of alkyl halides is 3. The van der Waals surface area contributed by atoms with Crippen LogP contribution in [0.2, 0.25) is 0 Å². The number of aromatic nitrogens is 2. The number of piperazine rings is 1. The summed E-state index contributed by atoms with van der Waals surface area (Å²) in [6, 6.07) is 2.83. The number of carbonyl (C=O) groups excluding carboxylic acids is 1. The third-order valence-electron chi connectivity index (χ3n) is 7.27. The maximum Gasteiger partial charge on any atom is 0.418 e. The van der Waals surface area contributed by atoms with Crippen LogP contribution in [0.25, 0.3) is 22.4 Å². The van der Waals surface area contributed by atoms with Gasteiger partial charge in [0.2, 0.25) is 0 Å². The second kappa shape index (κ2) is 9.07. The van der Waals surface area contributed by atoms with Gasteiger partial charge in [0, 0.05) is 29.6 Å². The number of aliphatic hydroxyl groups is 1. The van der Waals surface area contributed by atoms with E-state index in [-0.39, 0.29) is 40.9 Å². The van der Waals surface area contributed by atoms with E-state index >= 15 is 0 Å².